The lowest BCUT2D eigenvalue weighted by atomic mass is 10.1. The third-order valence-electron chi connectivity index (χ3n) is 2.73. The molecule has 1 radical (unpaired) electrons. The summed E-state index contributed by atoms with van der Waals surface area (Å²) in [5, 5.41) is 19.4. The van der Waals surface area contributed by atoms with Gasteiger partial charge in [0.25, 0.3) is 0 Å². The largest absolute Gasteiger partial charge is 0.285 e. The maximum atomic E-state index is 4.42. The van der Waals surface area contributed by atoms with Crippen LogP contribution in [0.15, 0.2) is 29.2 Å². The van der Waals surface area contributed by atoms with E-state index in [9.17, 15) is 0 Å². The highest BCUT2D eigenvalue weighted by molar-refractivity contribution is 7.16. The van der Waals surface area contributed by atoms with Crippen LogP contribution in [0.4, 0.5) is 0 Å². The van der Waals surface area contributed by atoms with Gasteiger partial charge in [0.2, 0.25) is 0 Å². The summed E-state index contributed by atoms with van der Waals surface area (Å²) in [7, 11) is 0. The molecular weight excluding hydrogens is 310 g/mol. The zero-order valence-electron chi connectivity index (χ0n) is 9.90. The summed E-state index contributed by atoms with van der Waals surface area (Å²) in [5.74, 6) is 0. The summed E-state index contributed by atoms with van der Waals surface area (Å²) >= 11 is 4.45. The molecule has 0 amide bonds. The SMILES string of the molecule is [c]1sc(-c2cc[nH]n2)c(-c2nccs2)c1-c1csnn1. The molecule has 0 spiro atoms. The molecule has 0 fully saturated rings. The number of rotatable bonds is 3. The first-order valence-corrected chi connectivity index (χ1v) is 8.18. The van der Waals surface area contributed by atoms with Crippen molar-refractivity contribution < 1.29 is 0 Å². The molecule has 0 aliphatic carbocycles. The molecule has 0 aromatic carbocycles. The van der Waals surface area contributed by atoms with Crippen LogP contribution in [0.2, 0.25) is 0 Å². The molecule has 0 aliphatic heterocycles. The van der Waals surface area contributed by atoms with Gasteiger partial charge in [0.1, 0.15) is 16.4 Å². The predicted octanol–water partition coefficient (Wildman–Crippen LogP) is 3.58. The molecule has 97 valence electrons. The molecule has 0 aliphatic rings. The second kappa shape index (κ2) is 4.89. The first-order chi connectivity index (χ1) is 9.93. The number of thiazole rings is 1. The average molecular weight is 316 g/mol. The molecule has 5 nitrogen and oxygen atoms in total. The van der Waals surface area contributed by atoms with Gasteiger partial charge in [-0.3, -0.25) is 5.10 Å². The summed E-state index contributed by atoms with van der Waals surface area (Å²) in [5.41, 5.74) is 3.70. The summed E-state index contributed by atoms with van der Waals surface area (Å²) in [6.45, 7) is 0. The standard InChI is InChI=1S/C12H6N5S3/c1-2-14-15-8(1)11-10(12-13-3-4-18-12)7(5-19-11)9-6-20-17-16-9/h1-4,6H,(H,14,15). The predicted molar refractivity (Wildman–Crippen MR) is 80.7 cm³/mol. The molecule has 4 aromatic rings. The van der Waals surface area contributed by atoms with E-state index in [2.05, 4.69) is 30.1 Å². The van der Waals surface area contributed by atoms with Gasteiger partial charge in [0.15, 0.2) is 0 Å². The van der Waals surface area contributed by atoms with Gasteiger partial charge in [-0.15, -0.1) is 27.8 Å². The van der Waals surface area contributed by atoms with Gasteiger partial charge in [-0.05, 0) is 17.6 Å². The zero-order valence-corrected chi connectivity index (χ0v) is 12.3. The van der Waals surface area contributed by atoms with Crippen molar-refractivity contribution in [2.45, 2.75) is 0 Å². The van der Waals surface area contributed by atoms with Gasteiger partial charge in [-0.25, -0.2) is 4.98 Å². The van der Waals surface area contributed by atoms with Crippen molar-refractivity contribution in [3.05, 3.63) is 34.6 Å². The highest BCUT2D eigenvalue weighted by Gasteiger charge is 2.21. The monoisotopic (exact) mass is 316 g/mol. The third-order valence-corrected chi connectivity index (χ3v) is 4.95. The number of nitrogens with one attached hydrogen (secondary N) is 1. The Hall–Kier alpha value is -1.90. The Labute approximate surface area is 126 Å². The quantitative estimate of drug-likeness (QED) is 0.627. The van der Waals surface area contributed by atoms with E-state index in [1.165, 1.54) is 22.9 Å². The molecule has 0 saturated carbocycles. The Morgan fingerprint density at radius 1 is 1.25 bits per heavy atom. The van der Waals surface area contributed by atoms with Crippen LogP contribution in [0.25, 0.3) is 32.4 Å². The lowest BCUT2D eigenvalue weighted by Gasteiger charge is -2.00. The Kier molecular flexibility index (Phi) is 2.91. The maximum absolute atomic E-state index is 4.42. The van der Waals surface area contributed by atoms with E-state index in [4.69, 9.17) is 0 Å². The fourth-order valence-electron chi connectivity index (χ4n) is 1.89. The van der Waals surface area contributed by atoms with E-state index in [-0.39, 0.29) is 0 Å². The average Bonchev–Trinajstić information content (AvgIpc) is 3.23. The minimum atomic E-state index is 0.832. The number of thiophene rings is 1. The van der Waals surface area contributed by atoms with Gasteiger partial charge in [-0.2, -0.15) is 5.10 Å². The molecule has 0 atom stereocenters. The summed E-state index contributed by atoms with van der Waals surface area (Å²) in [4.78, 5) is 5.47. The lowest BCUT2D eigenvalue weighted by molar-refractivity contribution is 1.10. The van der Waals surface area contributed by atoms with Gasteiger partial charge >= 0.3 is 0 Å². The van der Waals surface area contributed by atoms with E-state index < -0.39 is 0 Å². The molecule has 4 heterocycles. The number of aromatic nitrogens is 5. The maximum Gasteiger partial charge on any atom is 0.125 e. The van der Waals surface area contributed by atoms with Crippen LogP contribution < -0.4 is 0 Å². The van der Waals surface area contributed by atoms with Crippen molar-refractivity contribution in [1.82, 2.24) is 24.8 Å². The summed E-state index contributed by atoms with van der Waals surface area (Å²) in [6.07, 6.45) is 3.61. The van der Waals surface area contributed by atoms with Crippen molar-refractivity contribution in [1.29, 1.82) is 0 Å². The van der Waals surface area contributed by atoms with Crippen molar-refractivity contribution in [2.75, 3.05) is 0 Å². The summed E-state index contributed by atoms with van der Waals surface area (Å²) in [6, 6.07) is 1.94. The molecular formula is C12H6N5S3. The molecule has 4 rings (SSSR count). The van der Waals surface area contributed by atoms with Crippen molar-refractivity contribution in [3.63, 3.8) is 0 Å². The summed E-state index contributed by atoms with van der Waals surface area (Å²) < 4.78 is 3.93. The zero-order chi connectivity index (χ0) is 13.4. The van der Waals surface area contributed by atoms with Gasteiger partial charge in [0, 0.05) is 34.3 Å². The van der Waals surface area contributed by atoms with Crippen LogP contribution in [0.1, 0.15) is 0 Å². The van der Waals surface area contributed by atoms with Crippen molar-refractivity contribution >= 4 is 34.2 Å². The minimum absolute atomic E-state index is 0.832. The molecule has 20 heavy (non-hydrogen) atoms. The molecule has 4 aromatic heterocycles. The number of aromatic amines is 1. The Morgan fingerprint density at radius 2 is 2.25 bits per heavy atom. The van der Waals surface area contributed by atoms with Gasteiger partial charge in [-0.1, -0.05) is 4.49 Å². The third kappa shape index (κ3) is 1.89. The first kappa shape index (κ1) is 11.9. The number of hydrogen-bond acceptors (Lipinski definition) is 7. The Balaban J connectivity index is 1.98. The van der Waals surface area contributed by atoms with E-state index in [1.54, 1.807) is 17.5 Å². The number of H-pyrrole nitrogens is 1. The second-order valence-corrected chi connectivity index (χ2v) is 6.19. The fraction of sp³-hybridized carbons (Fsp3) is 0. The van der Waals surface area contributed by atoms with Crippen molar-refractivity contribution in [3.8, 4) is 32.4 Å². The smallest absolute Gasteiger partial charge is 0.125 e. The molecule has 8 heteroatoms. The van der Waals surface area contributed by atoms with E-state index in [0.29, 0.717) is 0 Å². The second-order valence-electron chi connectivity index (χ2n) is 3.87. The van der Waals surface area contributed by atoms with Crippen LogP contribution in [0.5, 0.6) is 0 Å². The van der Waals surface area contributed by atoms with Gasteiger partial charge in [0.05, 0.1) is 10.3 Å². The molecule has 0 saturated heterocycles. The van der Waals surface area contributed by atoms with Crippen LogP contribution in [-0.4, -0.2) is 24.8 Å². The Morgan fingerprint density at radius 3 is 2.95 bits per heavy atom. The number of nitrogens with zero attached hydrogens (tertiary/aromatic N) is 4. The topological polar surface area (TPSA) is 67.3 Å². The first-order valence-electron chi connectivity index (χ1n) is 5.65. The van der Waals surface area contributed by atoms with E-state index >= 15 is 0 Å². The van der Waals surface area contributed by atoms with Crippen molar-refractivity contribution in [2.24, 2.45) is 0 Å². The fourth-order valence-corrected chi connectivity index (χ4v) is 4.03. The Bertz CT molecular complexity index is 748. The lowest BCUT2D eigenvalue weighted by Crippen LogP contribution is -1.83. The van der Waals surface area contributed by atoms with Crippen LogP contribution in [0.3, 0.4) is 0 Å². The minimum Gasteiger partial charge on any atom is -0.285 e. The highest BCUT2D eigenvalue weighted by atomic mass is 32.1. The number of hydrogen-bond donors (Lipinski definition) is 1. The normalized spacial score (nSPS) is 11.0. The molecule has 1 N–H and O–H groups in total. The van der Waals surface area contributed by atoms with E-state index in [0.717, 1.165) is 32.4 Å². The van der Waals surface area contributed by atoms with Crippen LogP contribution in [0, 0.1) is 5.38 Å². The molecule has 0 unspecified atom stereocenters. The molecule has 0 bridgehead atoms. The highest BCUT2D eigenvalue weighted by Crippen LogP contribution is 2.43. The van der Waals surface area contributed by atoms with Crippen LogP contribution in [-0.2, 0) is 0 Å². The van der Waals surface area contributed by atoms with Crippen LogP contribution >= 0.6 is 34.2 Å². The van der Waals surface area contributed by atoms with Gasteiger partial charge < -0.3 is 0 Å². The van der Waals surface area contributed by atoms with E-state index in [1.807, 2.05) is 23.0 Å².